The third-order valence-electron chi connectivity index (χ3n) is 2.54. The minimum atomic E-state index is 0.128. The van der Waals surface area contributed by atoms with Crippen LogP contribution in [0.1, 0.15) is 11.7 Å². The summed E-state index contributed by atoms with van der Waals surface area (Å²) in [5, 5.41) is 10.1. The zero-order chi connectivity index (χ0) is 13.1. The standard InChI is InChI=1S/C13H24N5/c14-6-8-16-10-11-18-13(17-9-7-15)12-4-2-1-3-5-12/h2-5,13,16-18H,6-11,14-15H2. The van der Waals surface area contributed by atoms with Gasteiger partial charge in [-0.3, -0.25) is 10.6 Å². The summed E-state index contributed by atoms with van der Waals surface area (Å²) in [5.74, 6) is 0. The normalized spacial score (nSPS) is 12.6. The lowest BCUT2D eigenvalue weighted by atomic mass is 10.1. The van der Waals surface area contributed by atoms with Crippen molar-refractivity contribution >= 4 is 0 Å². The fourth-order valence-electron chi connectivity index (χ4n) is 1.66. The molecule has 0 saturated heterocycles. The van der Waals surface area contributed by atoms with Gasteiger partial charge in [0.15, 0.2) is 0 Å². The number of rotatable bonds is 10. The van der Waals surface area contributed by atoms with Gasteiger partial charge in [-0.05, 0) is 11.6 Å². The topological polar surface area (TPSA) is 88.1 Å². The van der Waals surface area contributed by atoms with Crippen molar-refractivity contribution in [2.75, 3.05) is 39.3 Å². The quantitative estimate of drug-likeness (QED) is 0.276. The largest absolute Gasteiger partial charge is 0.329 e. The summed E-state index contributed by atoms with van der Waals surface area (Å²) in [6, 6.07) is 11.0. The highest BCUT2D eigenvalue weighted by Gasteiger charge is 2.08. The van der Waals surface area contributed by atoms with Gasteiger partial charge in [0.2, 0.25) is 0 Å². The maximum absolute atomic E-state index is 5.53. The Balaban J connectivity index is 2.36. The summed E-state index contributed by atoms with van der Waals surface area (Å²) < 4.78 is 0. The molecule has 18 heavy (non-hydrogen) atoms. The fourth-order valence-corrected chi connectivity index (χ4v) is 1.66. The highest BCUT2D eigenvalue weighted by atomic mass is 15.1. The smallest absolute Gasteiger partial charge is 0.0836 e. The third-order valence-corrected chi connectivity index (χ3v) is 2.54. The Morgan fingerprint density at radius 3 is 2.28 bits per heavy atom. The first-order valence-electron chi connectivity index (χ1n) is 6.42. The lowest BCUT2D eigenvalue weighted by Gasteiger charge is -2.20. The van der Waals surface area contributed by atoms with E-state index in [-0.39, 0.29) is 6.17 Å². The Bertz CT molecular complexity index is 291. The van der Waals surface area contributed by atoms with E-state index in [1.807, 2.05) is 12.1 Å². The SMILES string of the molecule is NCCNCCNC(NCCN)c1cc[c]cc1. The average molecular weight is 250 g/mol. The first-order valence-corrected chi connectivity index (χ1v) is 6.42. The van der Waals surface area contributed by atoms with Crippen LogP contribution in [0.5, 0.6) is 0 Å². The number of nitrogens with one attached hydrogen (secondary N) is 3. The molecule has 1 aromatic carbocycles. The van der Waals surface area contributed by atoms with Crippen molar-refractivity contribution < 1.29 is 0 Å². The predicted molar refractivity (Wildman–Crippen MR) is 75.0 cm³/mol. The van der Waals surface area contributed by atoms with Crippen LogP contribution in [0.25, 0.3) is 0 Å². The molecule has 0 aromatic heterocycles. The van der Waals surface area contributed by atoms with Gasteiger partial charge in [-0.1, -0.05) is 24.3 Å². The summed E-state index contributed by atoms with van der Waals surface area (Å²) >= 11 is 0. The van der Waals surface area contributed by atoms with E-state index >= 15 is 0 Å². The maximum atomic E-state index is 5.53. The van der Waals surface area contributed by atoms with Crippen molar-refractivity contribution in [2.45, 2.75) is 6.17 Å². The first-order chi connectivity index (χ1) is 8.88. The van der Waals surface area contributed by atoms with Gasteiger partial charge in [-0.15, -0.1) is 0 Å². The van der Waals surface area contributed by atoms with Crippen LogP contribution in [0.15, 0.2) is 24.3 Å². The van der Waals surface area contributed by atoms with E-state index in [2.05, 4.69) is 34.1 Å². The monoisotopic (exact) mass is 250 g/mol. The Hall–Kier alpha value is -0.980. The van der Waals surface area contributed by atoms with Crippen LogP contribution < -0.4 is 27.4 Å². The molecule has 1 atom stereocenters. The van der Waals surface area contributed by atoms with E-state index in [1.165, 1.54) is 5.56 Å². The molecule has 0 saturated carbocycles. The van der Waals surface area contributed by atoms with E-state index in [1.54, 1.807) is 0 Å². The summed E-state index contributed by atoms with van der Waals surface area (Å²) in [6.07, 6.45) is 0.128. The van der Waals surface area contributed by atoms with Crippen LogP contribution >= 0.6 is 0 Å². The molecule has 0 heterocycles. The number of nitrogens with two attached hydrogens (primary N) is 2. The molecular formula is C13H24N5. The molecule has 0 bridgehead atoms. The van der Waals surface area contributed by atoms with Gasteiger partial charge in [0.25, 0.3) is 0 Å². The second-order valence-corrected chi connectivity index (χ2v) is 4.00. The molecule has 0 fully saturated rings. The molecule has 1 radical (unpaired) electrons. The number of hydrogen-bond acceptors (Lipinski definition) is 5. The number of hydrogen-bond donors (Lipinski definition) is 5. The van der Waals surface area contributed by atoms with Crippen LogP contribution in [0.2, 0.25) is 0 Å². The Morgan fingerprint density at radius 2 is 1.61 bits per heavy atom. The Morgan fingerprint density at radius 1 is 0.944 bits per heavy atom. The molecule has 1 rings (SSSR count). The fraction of sp³-hybridized carbons (Fsp3) is 0.538. The molecule has 101 valence electrons. The van der Waals surface area contributed by atoms with Gasteiger partial charge in [-0.25, -0.2) is 0 Å². The van der Waals surface area contributed by atoms with Gasteiger partial charge >= 0.3 is 0 Å². The molecule has 0 aliphatic heterocycles. The van der Waals surface area contributed by atoms with Crippen molar-refractivity contribution in [2.24, 2.45) is 11.5 Å². The Labute approximate surface area is 109 Å². The van der Waals surface area contributed by atoms with Gasteiger partial charge in [0, 0.05) is 39.3 Å². The van der Waals surface area contributed by atoms with Crippen molar-refractivity contribution in [1.29, 1.82) is 0 Å². The molecule has 0 aliphatic carbocycles. The van der Waals surface area contributed by atoms with Crippen LogP contribution in [0, 0.1) is 6.07 Å². The number of benzene rings is 1. The molecule has 5 nitrogen and oxygen atoms in total. The average Bonchev–Trinajstić information content (AvgIpc) is 2.43. The first kappa shape index (κ1) is 15.1. The minimum Gasteiger partial charge on any atom is -0.329 e. The maximum Gasteiger partial charge on any atom is 0.0836 e. The molecule has 0 amide bonds. The van der Waals surface area contributed by atoms with Crippen molar-refractivity contribution in [1.82, 2.24) is 16.0 Å². The lowest BCUT2D eigenvalue weighted by Crippen LogP contribution is -2.40. The molecule has 7 N–H and O–H groups in total. The van der Waals surface area contributed by atoms with E-state index in [0.29, 0.717) is 13.1 Å². The van der Waals surface area contributed by atoms with Crippen LogP contribution in [-0.2, 0) is 0 Å². The predicted octanol–water partition coefficient (Wildman–Crippen LogP) is -0.828. The zero-order valence-electron chi connectivity index (χ0n) is 10.8. The van der Waals surface area contributed by atoms with Gasteiger partial charge < -0.3 is 16.8 Å². The third kappa shape index (κ3) is 6.09. The molecular weight excluding hydrogens is 226 g/mol. The molecule has 5 heteroatoms. The van der Waals surface area contributed by atoms with E-state index < -0.39 is 0 Å². The molecule has 1 unspecified atom stereocenters. The van der Waals surface area contributed by atoms with E-state index in [4.69, 9.17) is 11.5 Å². The molecule has 0 aliphatic rings. The highest BCUT2D eigenvalue weighted by molar-refractivity contribution is 5.17. The summed E-state index contributed by atoms with van der Waals surface area (Å²) in [6.45, 7) is 4.71. The summed E-state index contributed by atoms with van der Waals surface area (Å²) in [5.41, 5.74) is 12.1. The second-order valence-electron chi connectivity index (χ2n) is 4.00. The summed E-state index contributed by atoms with van der Waals surface area (Å²) in [7, 11) is 0. The lowest BCUT2D eigenvalue weighted by molar-refractivity contribution is 0.440. The zero-order valence-corrected chi connectivity index (χ0v) is 10.8. The molecule has 1 aromatic rings. The van der Waals surface area contributed by atoms with Gasteiger partial charge in [0.1, 0.15) is 0 Å². The van der Waals surface area contributed by atoms with E-state index in [0.717, 1.165) is 26.2 Å². The highest BCUT2D eigenvalue weighted by Crippen LogP contribution is 2.08. The van der Waals surface area contributed by atoms with Crippen LogP contribution in [0.4, 0.5) is 0 Å². The van der Waals surface area contributed by atoms with Crippen molar-refractivity contribution in [3.8, 4) is 0 Å². The second kappa shape index (κ2) is 9.99. The van der Waals surface area contributed by atoms with Gasteiger partial charge in [0.05, 0.1) is 6.17 Å². The minimum absolute atomic E-state index is 0.128. The van der Waals surface area contributed by atoms with Crippen LogP contribution in [0.3, 0.4) is 0 Å². The molecule has 0 spiro atoms. The summed E-state index contributed by atoms with van der Waals surface area (Å²) in [4.78, 5) is 0. The van der Waals surface area contributed by atoms with Crippen molar-refractivity contribution in [3.05, 3.63) is 35.9 Å². The van der Waals surface area contributed by atoms with Gasteiger partial charge in [-0.2, -0.15) is 0 Å². The van der Waals surface area contributed by atoms with E-state index in [9.17, 15) is 0 Å². The Kier molecular flexibility index (Phi) is 8.37. The van der Waals surface area contributed by atoms with Crippen molar-refractivity contribution in [3.63, 3.8) is 0 Å². The van der Waals surface area contributed by atoms with Crippen LogP contribution in [-0.4, -0.2) is 39.3 Å².